The summed E-state index contributed by atoms with van der Waals surface area (Å²) >= 11 is 3.49. The molecule has 0 unspecified atom stereocenters. The second-order valence-corrected chi connectivity index (χ2v) is 11.1. The lowest BCUT2D eigenvalue weighted by Gasteiger charge is -2.30. The number of fused-ring (bicyclic) bond motifs is 1. The fourth-order valence-electron chi connectivity index (χ4n) is 3.90. The molecular weight excluding hydrogens is 416 g/mol. The first-order valence-electron chi connectivity index (χ1n) is 10.2. The third-order valence-electron chi connectivity index (χ3n) is 5.81. The normalized spacial score (nSPS) is 23.4. The molecule has 0 N–H and O–H groups in total. The van der Waals surface area contributed by atoms with Crippen LogP contribution in [0.25, 0.3) is 5.76 Å². The molecule has 30 heavy (non-hydrogen) atoms. The third kappa shape index (κ3) is 3.98. The first kappa shape index (κ1) is 21.6. The van der Waals surface area contributed by atoms with Crippen molar-refractivity contribution in [2.45, 2.75) is 61.3 Å². The standard InChI is InChI=1S/C24H28O4S2/c1-15-24(26-5,10-11-27-15)17-13-21(29-14-17)30-18-7-8-19-16(12-18)6-9-20(19)28-22(25)23(2,3)4/h7-9,12-15H,6,10-11H2,1-5H3/t15-,24-/m1/s1. The molecule has 0 bridgehead atoms. The van der Waals surface area contributed by atoms with Crippen LogP contribution in [0.1, 0.15) is 50.8 Å². The van der Waals surface area contributed by atoms with Gasteiger partial charge in [0, 0.05) is 24.0 Å². The highest BCUT2D eigenvalue weighted by Gasteiger charge is 2.44. The zero-order valence-corrected chi connectivity index (χ0v) is 19.7. The number of benzene rings is 1. The predicted molar refractivity (Wildman–Crippen MR) is 121 cm³/mol. The van der Waals surface area contributed by atoms with E-state index < -0.39 is 5.41 Å². The molecule has 4 rings (SSSR count). The number of carbonyl (C=O) groups is 1. The van der Waals surface area contributed by atoms with Crippen molar-refractivity contribution in [3.8, 4) is 0 Å². The van der Waals surface area contributed by atoms with Crippen LogP contribution in [0.3, 0.4) is 0 Å². The molecule has 6 heteroatoms. The lowest BCUT2D eigenvalue weighted by Crippen LogP contribution is -2.35. The van der Waals surface area contributed by atoms with Gasteiger partial charge >= 0.3 is 5.97 Å². The van der Waals surface area contributed by atoms with Gasteiger partial charge in [0.15, 0.2) is 0 Å². The van der Waals surface area contributed by atoms with E-state index in [4.69, 9.17) is 14.2 Å². The van der Waals surface area contributed by atoms with Crippen LogP contribution in [0.2, 0.25) is 0 Å². The van der Waals surface area contributed by atoms with Crippen LogP contribution in [0, 0.1) is 5.41 Å². The second-order valence-electron chi connectivity index (χ2n) is 8.84. The average Bonchev–Trinajstić information content (AvgIpc) is 3.40. The van der Waals surface area contributed by atoms with Gasteiger partial charge in [0.25, 0.3) is 0 Å². The maximum absolute atomic E-state index is 12.2. The van der Waals surface area contributed by atoms with E-state index in [0.29, 0.717) is 5.76 Å². The Kier molecular flexibility index (Phi) is 5.88. The lowest BCUT2D eigenvalue weighted by atomic mass is 9.90. The highest BCUT2D eigenvalue weighted by Crippen LogP contribution is 2.44. The summed E-state index contributed by atoms with van der Waals surface area (Å²) in [5.74, 6) is 0.473. The molecule has 1 fully saturated rings. The minimum Gasteiger partial charge on any atom is -0.426 e. The second kappa shape index (κ2) is 8.15. The summed E-state index contributed by atoms with van der Waals surface area (Å²) in [5.41, 5.74) is 2.54. The molecule has 1 aliphatic heterocycles. The maximum atomic E-state index is 12.2. The number of allylic oxidation sites excluding steroid dienone is 1. The Morgan fingerprint density at radius 2 is 2.10 bits per heavy atom. The zero-order valence-electron chi connectivity index (χ0n) is 18.1. The summed E-state index contributed by atoms with van der Waals surface area (Å²) in [4.78, 5) is 13.4. The first-order valence-corrected chi connectivity index (χ1v) is 11.9. The summed E-state index contributed by atoms with van der Waals surface area (Å²) in [6.45, 7) is 8.42. The highest BCUT2D eigenvalue weighted by molar-refractivity contribution is 8.01. The average molecular weight is 445 g/mol. The number of hydrogen-bond donors (Lipinski definition) is 0. The van der Waals surface area contributed by atoms with Crippen LogP contribution < -0.4 is 0 Å². The van der Waals surface area contributed by atoms with Gasteiger partial charge in [0.2, 0.25) is 0 Å². The Balaban J connectivity index is 1.48. The van der Waals surface area contributed by atoms with E-state index in [1.54, 1.807) is 30.2 Å². The topological polar surface area (TPSA) is 44.8 Å². The van der Waals surface area contributed by atoms with Gasteiger partial charge in [0.05, 0.1) is 22.3 Å². The lowest BCUT2D eigenvalue weighted by molar-refractivity contribution is -0.145. The number of methoxy groups -OCH3 is 1. The van der Waals surface area contributed by atoms with Crippen molar-refractivity contribution in [2.75, 3.05) is 13.7 Å². The van der Waals surface area contributed by atoms with Gasteiger partial charge in [0.1, 0.15) is 11.4 Å². The van der Waals surface area contributed by atoms with Crippen molar-refractivity contribution in [3.05, 3.63) is 52.4 Å². The molecule has 2 aliphatic rings. The summed E-state index contributed by atoms with van der Waals surface area (Å²) in [6, 6.07) is 8.58. The molecule has 1 aromatic heterocycles. The summed E-state index contributed by atoms with van der Waals surface area (Å²) < 4.78 is 18.6. The molecule has 0 saturated carbocycles. The minimum absolute atomic E-state index is 0.0512. The largest absolute Gasteiger partial charge is 0.426 e. The van der Waals surface area contributed by atoms with Crippen molar-refractivity contribution >= 4 is 34.8 Å². The number of carbonyl (C=O) groups excluding carboxylic acids is 1. The number of ether oxygens (including phenoxy) is 3. The number of esters is 1. The third-order valence-corrected chi connectivity index (χ3v) is 7.88. The molecule has 0 radical (unpaired) electrons. The zero-order chi connectivity index (χ0) is 21.5. The van der Waals surface area contributed by atoms with Crippen molar-refractivity contribution in [2.24, 2.45) is 5.41 Å². The van der Waals surface area contributed by atoms with Crippen molar-refractivity contribution < 1.29 is 19.0 Å². The van der Waals surface area contributed by atoms with Crippen molar-refractivity contribution in [1.29, 1.82) is 0 Å². The van der Waals surface area contributed by atoms with Crippen molar-refractivity contribution in [1.82, 2.24) is 0 Å². The summed E-state index contributed by atoms with van der Waals surface area (Å²) in [6.07, 6.45) is 3.71. The Hall–Kier alpha value is -1.60. The Morgan fingerprint density at radius 1 is 1.30 bits per heavy atom. The van der Waals surface area contributed by atoms with E-state index in [9.17, 15) is 4.79 Å². The molecular formula is C24H28O4S2. The van der Waals surface area contributed by atoms with Crippen LogP contribution in [-0.2, 0) is 31.0 Å². The van der Waals surface area contributed by atoms with Gasteiger partial charge in [-0.15, -0.1) is 11.3 Å². The smallest absolute Gasteiger partial charge is 0.316 e. The van der Waals surface area contributed by atoms with Gasteiger partial charge in [-0.1, -0.05) is 11.8 Å². The highest BCUT2D eigenvalue weighted by atomic mass is 32.2. The van der Waals surface area contributed by atoms with Gasteiger partial charge in [-0.3, -0.25) is 4.79 Å². The minimum atomic E-state index is -0.516. The molecule has 2 heterocycles. The van der Waals surface area contributed by atoms with E-state index >= 15 is 0 Å². The van der Waals surface area contributed by atoms with Gasteiger partial charge in [-0.2, -0.15) is 0 Å². The van der Waals surface area contributed by atoms with E-state index in [1.807, 2.05) is 26.8 Å². The molecule has 2 atom stereocenters. The van der Waals surface area contributed by atoms with Crippen LogP contribution in [-0.4, -0.2) is 25.8 Å². The van der Waals surface area contributed by atoms with Crippen LogP contribution >= 0.6 is 23.1 Å². The SMILES string of the molecule is CO[C@]1(c2csc(Sc3ccc4c(c3)CC=C4OC(=O)C(C)(C)C)c2)CCO[C@@H]1C. The van der Waals surface area contributed by atoms with Crippen LogP contribution in [0.4, 0.5) is 0 Å². The van der Waals surface area contributed by atoms with E-state index in [0.717, 1.165) is 25.0 Å². The maximum Gasteiger partial charge on any atom is 0.316 e. The van der Waals surface area contributed by atoms with Crippen LogP contribution in [0.15, 0.2) is 44.8 Å². The number of hydrogen-bond acceptors (Lipinski definition) is 6. The molecule has 1 aliphatic carbocycles. The number of thiophene rings is 1. The van der Waals surface area contributed by atoms with Crippen molar-refractivity contribution in [3.63, 3.8) is 0 Å². The Morgan fingerprint density at radius 3 is 2.77 bits per heavy atom. The van der Waals surface area contributed by atoms with Crippen LogP contribution in [0.5, 0.6) is 0 Å². The van der Waals surface area contributed by atoms with E-state index in [1.165, 1.54) is 20.2 Å². The quantitative estimate of drug-likeness (QED) is 0.526. The Labute approximate surface area is 186 Å². The van der Waals surface area contributed by atoms with E-state index in [2.05, 4.69) is 36.6 Å². The molecule has 1 saturated heterocycles. The van der Waals surface area contributed by atoms with Gasteiger partial charge in [-0.25, -0.2) is 0 Å². The van der Waals surface area contributed by atoms with Gasteiger partial charge in [-0.05, 0) is 81.0 Å². The fraction of sp³-hybridized carbons (Fsp3) is 0.458. The molecule has 0 spiro atoms. The monoisotopic (exact) mass is 444 g/mol. The summed E-state index contributed by atoms with van der Waals surface area (Å²) in [7, 11) is 1.77. The first-order chi connectivity index (χ1) is 14.2. The summed E-state index contributed by atoms with van der Waals surface area (Å²) in [5, 5.41) is 2.19. The van der Waals surface area contributed by atoms with Gasteiger partial charge < -0.3 is 14.2 Å². The molecule has 2 aromatic rings. The molecule has 1 aromatic carbocycles. The predicted octanol–water partition coefficient (Wildman–Crippen LogP) is 6.04. The molecule has 4 nitrogen and oxygen atoms in total. The molecule has 160 valence electrons. The number of rotatable bonds is 5. The molecule has 0 amide bonds. The van der Waals surface area contributed by atoms with E-state index in [-0.39, 0.29) is 17.7 Å². The fourth-order valence-corrected chi connectivity index (χ4v) is 5.99. The Bertz CT molecular complexity index is 985.